The van der Waals surface area contributed by atoms with Crippen LogP contribution in [0, 0.1) is 0 Å². The number of rotatable bonds is 5. The summed E-state index contributed by atoms with van der Waals surface area (Å²) < 4.78 is 0. The van der Waals surface area contributed by atoms with Gasteiger partial charge in [-0.2, -0.15) is 0 Å². The van der Waals surface area contributed by atoms with Gasteiger partial charge in [0, 0.05) is 30.2 Å². The number of nitrogens with one attached hydrogen (secondary N) is 4. The van der Waals surface area contributed by atoms with Crippen LogP contribution in [0.25, 0.3) is 0 Å². The Labute approximate surface area is 131 Å². The maximum atomic E-state index is 12.1. The maximum Gasteiger partial charge on any atom is 0.319 e. The minimum atomic E-state index is -0.377. The summed E-state index contributed by atoms with van der Waals surface area (Å²) in [5.41, 5.74) is 0.973. The van der Waals surface area contributed by atoms with Crippen molar-refractivity contribution in [3.63, 3.8) is 0 Å². The highest BCUT2D eigenvalue weighted by Gasteiger charge is 2.26. The first kappa shape index (κ1) is 16.0. The second-order valence-electron chi connectivity index (χ2n) is 4.75. The van der Waals surface area contributed by atoms with Crippen LogP contribution in [0.5, 0.6) is 0 Å². The summed E-state index contributed by atoms with van der Waals surface area (Å²) in [5, 5.41) is 12.8. The summed E-state index contributed by atoms with van der Waals surface area (Å²) in [5.74, 6) is -0.524. The first-order valence-corrected chi connectivity index (χ1v) is 7.61. The van der Waals surface area contributed by atoms with Gasteiger partial charge in [-0.25, -0.2) is 9.78 Å². The van der Waals surface area contributed by atoms with Crippen LogP contribution < -0.4 is 21.3 Å². The van der Waals surface area contributed by atoms with Gasteiger partial charge in [0.1, 0.15) is 0 Å². The van der Waals surface area contributed by atoms with Crippen LogP contribution in [-0.4, -0.2) is 35.4 Å². The molecule has 8 nitrogen and oxygen atoms in total. The number of aromatic nitrogens is 1. The number of carbonyl (C=O) groups excluding carboxylic acids is 3. The molecule has 118 valence electrons. The van der Waals surface area contributed by atoms with Gasteiger partial charge in [0.05, 0.1) is 11.6 Å². The van der Waals surface area contributed by atoms with E-state index in [0.29, 0.717) is 16.4 Å². The molecule has 1 atom stereocenters. The van der Waals surface area contributed by atoms with Crippen molar-refractivity contribution in [2.45, 2.75) is 26.3 Å². The van der Waals surface area contributed by atoms with Gasteiger partial charge >= 0.3 is 6.03 Å². The standard InChI is InChI=1S/C13H17N5O3S/c1-7-10(8(2)17-12(21)16-7)11(20)14-4-3-9(19)18-13-15-5-6-22-13/h5-7H,3-4H2,1-2H3,(H,14,20)(H,15,18,19)(H2,16,17,21). The fourth-order valence-corrected chi connectivity index (χ4v) is 2.63. The Bertz CT molecular complexity index is 611. The lowest BCUT2D eigenvalue weighted by Gasteiger charge is -2.25. The maximum absolute atomic E-state index is 12.1. The number of carbonyl (C=O) groups is 3. The molecule has 4 N–H and O–H groups in total. The second kappa shape index (κ2) is 7.03. The molecule has 0 radical (unpaired) electrons. The zero-order valence-electron chi connectivity index (χ0n) is 12.2. The van der Waals surface area contributed by atoms with Crippen molar-refractivity contribution in [3.8, 4) is 0 Å². The molecule has 0 aromatic carbocycles. The van der Waals surface area contributed by atoms with Gasteiger partial charge in [-0.3, -0.25) is 9.59 Å². The Morgan fingerprint density at radius 3 is 2.86 bits per heavy atom. The van der Waals surface area contributed by atoms with E-state index in [1.54, 1.807) is 25.4 Å². The largest absolute Gasteiger partial charge is 0.352 e. The third-order valence-corrected chi connectivity index (χ3v) is 3.74. The Morgan fingerprint density at radius 2 is 2.23 bits per heavy atom. The van der Waals surface area contributed by atoms with Gasteiger partial charge in [-0.05, 0) is 13.8 Å². The summed E-state index contributed by atoms with van der Waals surface area (Å²) in [4.78, 5) is 39.0. The average molecular weight is 323 g/mol. The molecular weight excluding hydrogens is 306 g/mol. The van der Waals surface area contributed by atoms with Gasteiger partial charge in [0.25, 0.3) is 5.91 Å². The molecule has 0 aliphatic carbocycles. The van der Waals surface area contributed by atoms with Crippen molar-refractivity contribution < 1.29 is 14.4 Å². The molecule has 22 heavy (non-hydrogen) atoms. The Kier molecular flexibility index (Phi) is 5.10. The summed E-state index contributed by atoms with van der Waals surface area (Å²) in [6.07, 6.45) is 1.74. The van der Waals surface area contributed by atoms with Gasteiger partial charge in [-0.1, -0.05) is 0 Å². The fraction of sp³-hybridized carbons (Fsp3) is 0.385. The van der Waals surface area contributed by atoms with Crippen molar-refractivity contribution >= 4 is 34.3 Å². The van der Waals surface area contributed by atoms with Crippen molar-refractivity contribution in [1.82, 2.24) is 20.9 Å². The number of hydrogen-bond donors (Lipinski definition) is 4. The molecule has 1 aliphatic heterocycles. The first-order chi connectivity index (χ1) is 10.5. The Morgan fingerprint density at radius 1 is 1.45 bits per heavy atom. The molecule has 0 bridgehead atoms. The van der Waals surface area contributed by atoms with E-state index >= 15 is 0 Å². The number of amides is 4. The smallest absolute Gasteiger partial charge is 0.319 e. The number of nitrogens with zero attached hydrogens (tertiary/aromatic N) is 1. The predicted octanol–water partition coefficient (Wildman–Crippen LogP) is 0.563. The van der Waals surface area contributed by atoms with Crippen molar-refractivity contribution in [1.29, 1.82) is 0 Å². The van der Waals surface area contributed by atoms with Crippen LogP contribution in [-0.2, 0) is 9.59 Å². The zero-order valence-corrected chi connectivity index (χ0v) is 13.0. The highest BCUT2D eigenvalue weighted by molar-refractivity contribution is 7.13. The molecule has 9 heteroatoms. The van der Waals surface area contributed by atoms with E-state index in [9.17, 15) is 14.4 Å². The monoisotopic (exact) mass is 323 g/mol. The first-order valence-electron chi connectivity index (χ1n) is 6.73. The van der Waals surface area contributed by atoms with Crippen molar-refractivity contribution in [2.75, 3.05) is 11.9 Å². The molecule has 1 aromatic heterocycles. The number of thiazole rings is 1. The van der Waals surface area contributed by atoms with Crippen LogP contribution >= 0.6 is 11.3 Å². The molecule has 1 aromatic rings. The van der Waals surface area contributed by atoms with Crippen molar-refractivity contribution in [3.05, 3.63) is 22.8 Å². The fourth-order valence-electron chi connectivity index (χ4n) is 2.09. The molecule has 2 rings (SSSR count). The number of anilines is 1. The van der Waals surface area contributed by atoms with E-state index in [1.165, 1.54) is 11.3 Å². The average Bonchev–Trinajstić information content (AvgIpc) is 2.90. The van der Waals surface area contributed by atoms with E-state index in [4.69, 9.17) is 0 Å². The molecule has 1 unspecified atom stereocenters. The SMILES string of the molecule is CC1=C(C(=O)NCCC(=O)Nc2nccs2)C(C)NC(=O)N1. The van der Waals surface area contributed by atoms with E-state index in [1.807, 2.05) is 0 Å². The second-order valence-corrected chi connectivity index (χ2v) is 5.64. The van der Waals surface area contributed by atoms with E-state index in [0.717, 1.165) is 0 Å². The molecule has 0 fully saturated rings. The van der Waals surface area contributed by atoms with Gasteiger partial charge < -0.3 is 21.3 Å². The molecule has 0 saturated carbocycles. The topological polar surface area (TPSA) is 112 Å². The number of hydrogen-bond acceptors (Lipinski definition) is 5. The third-order valence-electron chi connectivity index (χ3n) is 3.05. The summed E-state index contributed by atoms with van der Waals surface area (Å²) in [7, 11) is 0. The van der Waals surface area contributed by atoms with Crippen LogP contribution in [0.2, 0.25) is 0 Å². The lowest BCUT2D eigenvalue weighted by molar-refractivity contribution is -0.118. The Balaban J connectivity index is 1.81. The quantitative estimate of drug-likeness (QED) is 0.634. The molecule has 2 heterocycles. The number of allylic oxidation sites excluding steroid dienone is 1. The summed E-state index contributed by atoms with van der Waals surface area (Å²) in [6.45, 7) is 3.60. The molecule has 1 aliphatic rings. The molecular formula is C13H17N5O3S. The predicted molar refractivity (Wildman–Crippen MR) is 82.2 cm³/mol. The normalized spacial score (nSPS) is 17.5. The zero-order chi connectivity index (χ0) is 16.1. The minimum Gasteiger partial charge on any atom is -0.352 e. The van der Waals surface area contributed by atoms with E-state index in [2.05, 4.69) is 26.3 Å². The van der Waals surface area contributed by atoms with Gasteiger partial charge in [0.15, 0.2) is 5.13 Å². The van der Waals surface area contributed by atoms with Gasteiger partial charge in [-0.15, -0.1) is 11.3 Å². The summed E-state index contributed by atoms with van der Waals surface area (Å²) >= 11 is 1.33. The van der Waals surface area contributed by atoms with Crippen LogP contribution in [0.3, 0.4) is 0 Å². The van der Waals surface area contributed by atoms with E-state index in [-0.39, 0.29) is 36.9 Å². The molecule has 0 saturated heterocycles. The van der Waals surface area contributed by atoms with Crippen LogP contribution in [0.4, 0.5) is 9.93 Å². The molecule has 4 amide bonds. The highest BCUT2D eigenvalue weighted by atomic mass is 32.1. The lowest BCUT2D eigenvalue weighted by atomic mass is 10.0. The minimum absolute atomic E-state index is 0.145. The van der Waals surface area contributed by atoms with Crippen LogP contribution in [0.1, 0.15) is 20.3 Å². The highest BCUT2D eigenvalue weighted by Crippen LogP contribution is 2.12. The number of urea groups is 1. The van der Waals surface area contributed by atoms with Gasteiger partial charge in [0.2, 0.25) is 5.91 Å². The third kappa shape index (κ3) is 4.04. The van der Waals surface area contributed by atoms with Crippen molar-refractivity contribution in [2.24, 2.45) is 0 Å². The Hall–Kier alpha value is -2.42. The van der Waals surface area contributed by atoms with E-state index < -0.39 is 0 Å². The summed E-state index contributed by atoms with van der Waals surface area (Å²) in [6, 6.07) is -0.706. The lowest BCUT2D eigenvalue weighted by Crippen LogP contribution is -2.50. The molecule has 0 spiro atoms. The van der Waals surface area contributed by atoms with Crippen LogP contribution in [0.15, 0.2) is 22.8 Å².